The Labute approximate surface area is 135 Å². The number of carbonyl (C=O) groups is 3. The predicted molar refractivity (Wildman–Crippen MR) is 82.6 cm³/mol. The highest BCUT2D eigenvalue weighted by atomic mass is 16.6. The van der Waals surface area contributed by atoms with Crippen LogP contribution in [0.4, 0.5) is 4.79 Å². The number of aldehydes is 1. The molecule has 23 heavy (non-hydrogen) atoms. The molecule has 0 aromatic rings. The number of β-amino-alcohol motifs (C(OH)–C–C–N with tert-alkyl or cyclic N) is 1. The number of hydrogen-bond donors (Lipinski definition) is 2. The molecule has 0 radical (unpaired) electrons. The lowest BCUT2D eigenvalue weighted by molar-refractivity contribution is -0.128. The third kappa shape index (κ3) is 3.72. The zero-order chi connectivity index (χ0) is 17.4. The smallest absolute Gasteiger partial charge is 0.411 e. The third-order valence-corrected chi connectivity index (χ3v) is 4.12. The normalized spacial score (nSPS) is 33.0. The number of hydrogen-bond acceptors (Lipinski definition) is 5. The molecule has 0 unspecified atom stereocenters. The van der Waals surface area contributed by atoms with E-state index < -0.39 is 35.3 Å². The van der Waals surface area contributed by atoms with Crippen molar-refractivity contribution in [2.24, 2.45) is 5.92 Å². The molecule has 0 aromatic carbocycles. The molecule has 0 spiro atoms. The summed E-state index contributed by atoms with van der Waals surface area (Å²) in [7, 11) is 0. The van der Waals surface area contributed by atoms with Gasteiger partial charge in [0.2, 0.25) is 5.91 Å². The fraction of sp³-hybridized carbons (Fsp3) is 0.688. The second kappa shape index (κ2) is 5.96. The fourth-order valence-electron chi connectivity index (χ4n) is 2.80. The van der Waals surface area contributed by atoms with Gasteiger partial charge in [0.15, 0.2) is 0 Å². The molecule has 1 saturated heterocycles. The monoisotopic (exact) mass is 324 g/mol. The summed E-state index contributed by atoms with van der Waals surface area (Å²) in [5.41, 5.74) is -1.62. The van der Waals surface area contributed by atoms with Crippen LogP contribution in [0, 0.1) is 5.92 Å². The summed E-state index contributed by atoms with van der Waals surface area (Å²) >= 11 is 0. The van der Waals surface area contributed by atoms with Gasteiger partial charge in [0.05, 0.1) is 12.6 Å². The fourth-order valence-corrected chi connectivity index (χ4v) is 2.80. The van der Waals surface area contributed by atoms with Gasteiger partial charge in [0, 0.05) is 12.3 Å². The lowest BCUT2D eigenvalue weighted by Crippen LogP contribution is -2.51. The van der Waals surface area contributed by atoms with Crippen LogP contribution in [-0.2, 0) is 14.3 Å². The minimum absolute atomic E-state index is 0.0337. The Morgan fingerprint density at radius 1 is 1.43 bits per heavy atom. The number of nitrogens with zero attached hydrogens (tertiary/aromatic N) is 1. The average molecular weight is 324 g/mol. The first kappa shape index (κ1) is 17.5. The van der Waals surface area contributed by atoms with E-state index in [1.165, 1.54) is 4.90 Å². The summed E-state index contributed by atoms with van der Waals surface area (Å²) in [6, 6.07) is -0.845. The van der Waals surface area contributed by atoms with E-state index in [4.69, 9.17) is 4.74 Å². The molecule has 1 heterocycles. The number of ether oxygens (including phenoxy) is 1. The van der Waals surface area contributed by atoms with Crippen LogP contribution in [0.5, 0.6) is 0 Å². The first-order chi connectivity index (χ1) is 10.6. The molecule has 2 aliphatic rings. The van der Waals surface area contributed by atoms with Gasteiger partial charge in [-0.1, -0.05) is 6.08 Å². The molecule has 2 rings (SSSR count). The van der Waals surface area contributed by atoms with Crippen molar-refractivity contribution in [1.29, 1.82) is 0 Å². The van der Waals surface area contributed by atoms with E-state index in [2.05, 4.69) is 11.9 Å². The van der Waals surface area contributed by atoms with Crippen molar-refractivity contribution in [3.05, 3.63) is 12.7 Å². The summed E-state index contributed by atoms with van der Waals surface area (Å²) in [6.45, 7) is 8.85. The Hall–Kier alpha value is -1.89. The van der Waals surface area contributed by atoms with Gasteiger partial charge in [0.1, 0.15) is 23.5 Å². The second-order valence-corrected chi connectivity index (χ2v) is 7.23. The highest BCUT2D eigenvalue weighted by Gasteiger charge is 2.55. The quantitative estimate of drug-likeness (QED) is 0.584. The lowest BCUT2D eigenvalue weighted by atomic mass is 10.1. The molecular weight excluding hydrogens is 300 g/mol. The minimum Gasteiger partial charge on any atom is -0.444 e. The Bertz CT molecular complexity index is 527. The molecule has 2 fully saturated rings. The molecule has 2 N–H and O–H groups in total. The topological polar surface area (TPSA) is 95.9 Å². The van der Waals surface area contributed by atoms with Crippen molar-refractivity contribution < 1.29 is 24.2 Å². The van der Waals surface area contributed by atoms with Crippen LogP contribution in [0.3, 0.4) is 0 Å². The summed E-state index contributed by atoms with van der Waals surface area (Å²) in [5, 5.41) is 12.5. The van der Waals surface area contributed by atoms with Gasteiger partial charge < -0.3 is 20.0 Å². The van der Waals surface area contributed by atoms with Crippen LogP contribution < -0.4 is 5.32 Å². The van der Waals surface area contributed by atoms with Gasteiger partial charge >= 0.3 is 6.09 Å². The summed E-state index contributed by atoms with van der Waals surface area (Å²) in [4.78, 5) is 37.2. The molecule has 0 bridgehead atoms. The van der Waals surface area contributed by atoms with Crippen LogP contribution in [-0.4, -0.2) is 58.1 Å². The Kier molecular flexibility index (Phi) is 4.52. The maximum Gasteiger partial charge on any atom is 0.411 e. The number of aliphatic hydroxyl groups excluding tert-OH is 1. The highest BCUT2D eigenvalue weighted by molar-refractivity contribution is 5.90. The van der Waals surface area contributed by atoms with Gasteiger partial charge in [-0.2, -0.15) is 0 Å². The molecule has 1 aliphatic heterocycles. The van der Waals surface area contributed by atoms with E-state index in [1.807, 2.05) is 0 Å². The molecule has 2 amide bonds. The number of nitrogens with one attached hydrogen (secondary N) is 1. The summed E-state index contributed by atoms with van der Waals surface area (Å²) in [5.74, 6) is -0.547. The maximum atomic E-state index is 12.5. The molecule has 0 aromatic heterocycles. The van der Waals surface area contributed by atoms with Crippen molar-refractivity contribution >= 4 is 18.3 Å². The lowest BCUT2D eigenvalue weighted by Gasteiger charge is -2.28. The predicted octanol–water partition coefficient (Wildman–Crippen LogP) is 0.616. The number of aliphatic hydroxyl groups is 1. The SMILES string of the molecule is C=C[C@@H]1C[C@@]1(C=O)NC(=O)[C@@H]1C[C@@H](O)CN1C(=O)OC(C)(C)C. The molecule has 128 valence electrons. The molecule has 1 saturated carbocycles. The van der Waals surface area contributed by atoms with E-state index in [1.54, 1.807) is 26.8 Å². The van der Waals surface area contributed by atoms with Crippen LogP contribution in [0.1, 0.15) is 33.6 Å². The van der Waals surface area contributed by atoms with Crippen LogP contribution in [0.2, 0.25) is 0 Å². The van der Waals surface area contributed by atoms with Gasteiger partial charge in [-0.3, -0.25) is 9.69 Å². The second-order valence-electron chi connectivity index (χ2n) is 7.23. The number of amides is 2. The van der Waals surface area contributed by atoms with Gasteiger partial charge in [-0.05, 0) is 27.2 Å². The maximum absolute atomic E-state index is 12.5. The average Bonchev–Trinajstić information content (AvgIpc) is 2.99. The van der Waals surface area contributed by atoms with Crippen LogP contribution in [0.25, 0.3) is 0 Å². The van der Waals surface area contributed by atoms with E-state index in [-0.39, 0.29) is 18.9 Å². The number of rotatable bonds is 4. The van der Waals surface area contributed by atoms with Crippen molar-refractivity contribution in [1.82, 2.24) is 10.2 Å². The van der Waals surface area contributed by atoms with E-state index >= 15 is 0 Å². The van der Waals surface area contributed by atoms with Gasteiger partial charge in [-0.15, -0.1) is 6.58 Å². The van der Waals surface area contributed by atoms with Crippen molar-refractivity contribution in [2.45, 2.75) is 56.9 Å². The number of carbonyl (C=O) groups excluding carboxylic acids is 3. The first-order valence-corrected chi connectivity index (χ1v) is 7.70. The minimum atomic E-state index is -0.925. The summed E-state index contributed by atoms with van der Waals surface area (Å²) < 4.78 is 5.27. The van der Waals surface area contributed by atoms with E-state index in [0.29, 0.717) is 12.7 Å². The zero-order valence-electron chi connectivity index (χ0n) is 13.7. The largest absolute Gasteiger partial charge is 0.444 e. The van der Waals surface area contributed by atoms with E-state index in [9.17, 15) is 19.5 Å². The molecule has 7 nitrogen and oxygen atoms in total. The zero-order valence-corrected chi connectivity index (χ0v) is 13.7. The first-order valence-electron chi connectivity index (χ1n) is 7.70. The Balaban J connectivity index is 2.07. The third-order valence-electron chi connectivity index (χ3n) is 4.12. The van der Waals surface area contributed by atoms with Gasteiger partial charge in [0.25, 0.3) is 0 Å². The molecule has 7 heteroatoms. The molecule has 1 aliphatic carbocycles. The van der Waals surface area contributed by atoms with Crippen LogP contribution >= 0.6 is 0 Å². The molecular formula is C16H24N2O5. The van der Waals surface area contributed by atoms with Crippen molar-refractivity contribution in [3.8, 4) is 0 Å². The summed E-state index contributed by atoms with van der Waals surface area (Å²) in [6.07, 6.45) is 1.53. The molecule has 4 atom stereocenters. The van der Waals surface area contributed by atoms with E-state index in [0.717, 1.165) is 0 Å². The Morgan fingerprint density at radius 3 is 2.57 bits per heavy atom. The van der Waals surface area contributed by atoms with Gasteiger partial charge in [-0.25, -0.2) is 4.79 Å². The van der Waals surface area contributed by atoms with Crippen LogP contribution in [0.15, 0.2) is 12.7 Å². The standard InChI is InChI=1S/C16H24N2O5/c1-5-10-7-16(10,9-19)17-13(21)12-6-11(20)8-18(12)14(22)23-15(2,3)4/h5,9-12,20H,1,6-8H2,2-4H3,(H,17,21)/t10-,11-,12+,16+/m1/s1. The van der Waals surface area contributed by atoms with Crippen molar-refractivity contribution in [2.75, 3.05) is 6.54 Å². The number of likely N-dealkylation sites (tertiary alicyclic amines) is 1. The Morgan fingerprint density at radius 2 is 2.09 bits per heavy atom. The van der Waals surface area contributed by atoms with Crippen molar-refractivity contribution in [3.63, 3.8) is 0 Å². The highest BCUT2D eigenvalue weighted by Crippen LogP contribution is 2.42.